The zero-order valence-corrected chi connectivity index (χ0v) is 11.1. The molecule has 0 saturated carbocycles. The molecule has 19 heavy (non-hydrogen) atoms. The molecule has 6 heteroatoms. The Hall–Kier alpha value is -1.72. The SMILES string of the molecule is CCOCc1nc(N)cc(-c2ccc(Cl)cc2F)n1. The van der Waals surface area contributed by atoms with E-state index in [0.717, 1.165) is 0 Å². The van der Waals surface area contributed by atoms with Crippen LogP contribution in [0.25, 0.3) is 11.3 Å². The predicted molar refractivity (Wildman–Crippen MR) is 72.2 cm³/mol. The van der Waals surface area contributed by atoms with Crippen molar-refractivity contribution in [3.63, 3.8) is 0 Å². The highest BCUT2D eigenvalue weighted by atomic mass is 35.5. The van der Waals surface area contributed by atoms with E-state index in [0.29, 0.717) is 28.7 Å². The number of rotatable bonds is 4. The Bertz CT molecular complexity index is 592. The molecule has 0 fully saturated rings. The summed E-state index contributed by atoms with van der Waals surface area (Å²) in [6, 6.07) is 5.91. The number of anilines is 1. The van der Waals surface area contributed by atoms with E-state index in [4.69, 9.17) is 22.1 Å². The number of hydrogen-bond donors (Lipinski definition) is 1. The number of halogens is 2. The number of ether oxygens (including phenoxy) is 1. The van der Waals surface area contributed by atoms with Gasteiger partial charge in [-0.05, 0) is 25.1 Å². The van der Waals surface area contributed by atoms with Crippen molar-refractivity contribution in [1.29, 1.82) is 0 Å². The summed E-state index contributed by atoms with van der Waals surface area (Å²) in [6.45, 7) is 2.65. The van der Waals surface area contributed by atoms with E-state index < -0.39 is 5.82 Å². The minimum atomic E-state index is -0.451. The first-order chi connectivity index (χ1) is 9.10. The Morgan fingerprint density at radius 1 is 1.32 bits per heavy atom. The molecule has 100 valence electrons. The lowest BCUT2D eigenvalue weighted by molar-refractivity contribution is 0.128. The maximum absolute atomic E-state index is 13.8. The molecule has 0 amide bonds. The van der Waals surface area contributed by atoms with E-state index >= 15 is 0 Å². The summed E-state index contributed by atoms with van der Waals surface area (Å²) >= 11 is 5.72. The van der Waals surface area contributed by atoms with Crippen molar-refractivity contribution < 1.29 is 9.13 Å². The molecule has 2 aromatic rings. The first-order valence-corrected chi connectivity index (χ1v) is 6.14. The minimum Gasteiger partial charge on any atom is -0.384 e. The van der Waals surface area contributed by atoms with E-state index in [1.54, 1.807) is 12.1 Å². The zero-order valence-electron chi connectivity index (χ0n) is 10.4. The summed E-state index contributed by atoms with van der Waals surface area (Å²) in [4.78, 5) is 8.27. The van der Waals surface area contributed by atoms with Crippen LogP contribution in [-0.4, -0.2) is 16.6 Å². The third kappa shape index (κ3) is 3.39. The molecule has 1 heterocycles. The average molecular weight is 282 g/mol. The Balaban J connectivity index is 2.41. The maximum Gasteiger partial charge on any atom is 0.157 e. The maximum atomic E-state index is 13.8. The molecule has 2 rings (SSSR count). The largest absolute Gasteiger partial charge is 0.384 e. The molecule has 0 unspecified atom stereocenters. The van der Waals surface area contributed by atoms with Gasteiger partial charge in [0.2, 0.25) is 0 Å². The summed E-state index contributed by atoms with van der Waals surface area (Å²) in [5.41, 5.74) is 6.44. The van der Waals surface area contributed by atoms with Gasteiger partial charge >= 0.3 is 0 Å². The third-order valence-corrected chi connectivity index (χ3v) is 2.67. The first-order valence-electron chi connectivity index (χ1n) is 5.76. The molecule has 0 atom stereocenters. The average Bonchev–Trinajstić information content (AvgIpc) is 2.35. The van der Waals surface area contributed by atoms with Crippen LogP contribution in [0.1, 0.15) is 12.7 Å². The number of aromatic nitrogens is 2. The highest BCUT2D eigenvalue weighted by Gasteiger charge is 2.10. The van der Waals surface area contributed by atoms with Gasteiger partial charge < -0.3 is 10.5 Å². The molecule has 1 aromatic carbocycles. The van der Waals surface area contributed by atoms with Crippen molar-refractivity contribution >= 4 is 17.4 Å². The van der Waals surface area contributed by atoms with Gasteiger partial charge in [-0.2, -0.15) is 0 Å². The molecule has 0 aliphatic carbocycles. The summed E-state index contributed by atoms with van der Waals surface area (Å²) in [7, 11) is 0. The highest BCUT2D eigenvalue weighted by molar-refractivity contribution is 6.30. The number of benzene rings is 1. The van der Waals surface area contributed by atoms with E-state index in [2.05, 4.69) is 9.97 Å². The fourth-order valence-electron chi connectivity index (χ4n) is 1.61. The van der Waals surface area contributed by atoms with Crippen LogP contribution in [0.2, 0.25) is 5.02 Å². The summed E-state index contributed by atoms with van der Waals surface area (Å²) in [6.07, 6.45) is 0. The van der Waals surface area contributed by atoms with Crippen molar-refractivity contribution in [2.24, 2.45) is 0 Å². The van der Waals surface area contributed by atoms with Gasteiger partial charge in [0.15, 0.2) is 5.82 Å². The van der Waals surface area contributed by atoms with Crippen LogP contribution < -0.4 is 5.73 Å². The Kier molecular flexibility index (Phi) is 4.29. The quantitative estimate of drug-likeness (QED) is 0.936. The predicted octanol–water partition coefficient (Wildman–Crippen LogP) is 3.05. The van der Waals surface area contributed by atoms with Crippen molar-refractivity contribution in [3.8, 4) is 11.3 Å². The third-order valence-electron chi connectivity index (χ3n) is 2.43. The van der Waals surface area contributed by atoms with Crippen molar-refractivity contribution in [1.82, 2.24) is 9.97 Å². The fourth-order valence-corrected chi connectivity index (χ4v) is 1.77. The Morgan fingerprint density at radius 3 is 2.79 bits per heavy atom. The molecule has 4 nitrogen and oxygen atoms in total. The minimum absolute atomic E-state index is 0.240. The molecule has 0 spiro atoms. The molecule has 0 saturated heterocycles. The topological polar surface area (TPSA) is 61.0 Å². The summed E-state index contributed by atoms with van der Waals surface area (Å²) in [5, 5.41) is 0.331. The van der Waals surface area contributed by atoms with Crippen molar-refractivity contribution in [3.05, 3.63) is 40.9 Å². The standard InChI is InChI=1S/C13H13ClFN3O/c1-2-19-7-13-17-11(6-12(16)18-13)9-4-3-8(14)5-10(9)15/h3-6H,2,7H2,1H3,(H2,16,17,18). The lowest BCUT2D eigenvalue weighted by atomic mass is 10.1. The van der Waals surface area contributed by atoms with Gasteiger partial charge in [-0.3, -0.25) is 0 Å². The van der Waals surface area contributed by atoms with Gasteiger partial charge in [0.1, 0.15) is 18.2 Å². The smallest absolute Gasteiger partial charge is 0.157 e. The molecular weight excluding hydrogens is 269 g/mol. The number of hydrogen-bond acceptors (Lipinski definition) is 4. The highest BCUT2D eigenvalue weighted by Crippen LogP contribution is 2.24. The molecule has 0 bridgehead atoms. The number of nitrogens with two attached hydrogens (primary N) is 1. The van der Waals surface area contributed by atoms with Crippen LogP contribution in [0.5, 0.6) is 0 Å². The molecule has 0 radical (unpaired) electrons. The molecule has 0 aliphatic rings. The second kappa shape index (κ2) is 5.95. The van der Waals surface area contributed by atoms with E-state index in [-0.39, 0.29) is 12.4 Å². The normalized spacial score (nSPS) is 10.7. The molecule has 1 aromatic heterocycles. The monoisotopic (exact) mass is 281 g/mol. The summed E-state index contributed by atoms with van der Waals surface area (Å²) in [5.74, 6) is 0.244. The van der Waals surface area contributed by atoms with Gasteiger partial charge in [0.05, 0.1) is 5.69 Å². The van der Waals surface area contributed by atoms with Crippen molar-refractivity contribution in [2.45, 2.75) is 13.5 Å². The van der Waals surface area contributed by atoms with Gasteiger partial charge in [-0.25, -0.2) is 14.4 Å². The Labute approximate surface area is 115 Å². The van der Waals surface area contributed by atoms with E-state index in [9.17, 15) is 4.39 Å². The van der Waals surface area contributed by atoms with E-state index in [1.807, 2.05) is 6.92 Å². The number of nitrogens with zero attached hydrogens (tertiary/aromatic N) is 2. The second-order valence-electron chi connectivity index (χ2n) is 3.86. The second-order valence-corrected chi connectivity index (χ2v) is 4.29. The van der Waals surface area contributed by atoms with Gasteiger partial charge in [0, 0.05) is 23.3 Å². The van der Waals surface area contributed by atoms with Crippen molar-refractivity contribution in [2.75, 3.05) is 12.3 Å². The molecule has 0 aliphatic heterocycles. The Morgan fingerprint density at radius 2 is 2.11 bits per heavy atom. The molecule has 2 N–H and O–H groups in total. The van der Waals surface area contributed by atoms with Crippen LogP contribution in [0.4, 0.5) is 10.2 Å². The van der Waals surface area contributed by atoms with Gasteiger partial charge in [0.25, 0.3) is 0 Å². The van der Waals surface area contributed by atoms with Gasteiger partial charge in [-0.1, -0.05) is 11.6 Å². The van der Waals surface area contributed by atoms with Crippen LogP contribution in [-0.2, 0) is 11.3 Å². The van der Waals surface area contributed by atoms with Crippen LogP contribution in [0.3, 0.4) is 0 Å². The first kappa shape index (κ1) is 13.7. The number of nitrogen functional groups attached to an aromatic ring is 1. The van der Waals surface area contributed by atoms with Gasteiger partial charge in [-0.15, -0.1) is 0 Å². The molecular formula is C13H13ClFN3O. The van der Waals surface area contributed by atoms with Crippen LogP contribution >= 0.6 is 11.6 Å². The van der Waals surface area contributed by atoms with E-state index in [1.165, 1.54) is 12.1 Å². The lowest BCUT2D eigenvalue weighted by Gasteiger charge is -2.07. The summed E-state index contributed by atoms with van der Waals surface area (Å²) < 4.78 is 19.1. The lowest BCUT2D eigenvalue weighted by Crippen LogP contribution is -2.04. The van der Waals surface area contributed by atoms with Crippen LogP contribution in [0, 0.1) is 5.82 Å². The fraction of sp³-hybridized carbons (Fsp3) is 0.231. The zero-order chi connectivity index (χ0) is 13.8. The van der Waals surface area contributed by atoms with Crippen LogP contribution in [0.15, 0.2) is 24.3 Å².